The molecule has 1 aromatic heterocycles. The van der Waals surface area contributed by atoms with Crippen molar-refractivity contribution in [2.75, 3.05) is 14.2 Å². The number of carbonyl (C=O) groups excluding carboxylic acids is 2. The molecule has 0 aliphatic heterocycles. The van der Waals surface area contributed by atoms with E-state index in [1.807, 2.05) is 42.7 Å². The minimum Gasteiger partial charge on any atom is -0.497 e. The Morgan fingerprint density at radius 2 is 2.00 bits per heavy atom. The molecule has 1 aromatic carbocycles. The summed E-state index contributed by atoms with van der Waals surface area (Å²) >= 11 is 0. The van der Waals surface area contributed by atoms with Crippen LogP contribution in [0.5, 0.6) is 5.75 Å². The molecule has 5 heteroatoms. The molecule has 0 aliphatic carbocycles. The fraction of sp³-hybridized carbons (Fsp3) is 0.368. The molecule has 0 radical (unpaired) electrons. The normalized spacial score (nSPS) is 10.5. The summed E-state index contributed by atoms with van der Waals surface area (Å²) in [7, 11) is 3.01. The second-order valence-electron chi connectivity index (χ2n) is 5.71. The molecule has 0 amide bonds. The number of nitrogens with zero attached hydrogens (tertiary/aromatic N) is 1. The van der Waals surface area contributed by atoms with E-state index in [4.69, 9.17) is 9.47 Å². The SMILES string of the molecule is COC(=O)CCc1c(C)c(C=O)n(Cc2cccc(OC)c2)c1C. The van der Waals surface area contributed by atoms with Crippen molar-refractivity contribution in [2.45, 2.75) is 33.2 Å². The molecule has 0 atom stereocenters. The molecule has 1 heterocycles. The molecule has 5 nitrogen and oxygen atoms in total. The third-order valence-corrected chi connectivity index (χ3v) is 4.36. The summed E-state index contributed by atoms with van der Waals surface area (Å²) in [5, 5.41) is 0. The van der Waals surface area contributed by atoms with Crippen LogP contribution in [-0.2, 0) is 22.5 Å². The van der Waals surface area contributed by atoms with E-state index in [0.717, 1.165) is 34.4 Å². The molecular weight excluding hydrogens is 306 g/mol. The van der Waals surface area contributed by atoms with Crippen LogP contribution in [0.3, 0.4) is 0 Å². The smallest absolute Gasteiger partial charge is 0.305 e. The van der Waals surface area contributed by atoms with Crippen molar-refractivity contribution in [2.24, 2.45) is 0 Å². The quantitative estimate of drug-likeness (QED) is 0.578. The third kappa shape index (κ3) is 3.67. The van der Waals surface area contributed by atoms with E-state index < -0.39 is 0 Å². The monoisotopic (exact) mass is 329 g/mol. The Balaban J connectivity index is 2.35. The summed E-state index contributed by atoms with van der Waals surface area (Å²) in [4.78, 5) is 23.0. The third-order valence-electron chi connectivity index (χ3n) is 4.36. The zero-order chi connectivity index (χ0) is 17.7. The van der Waals surface area contributed by atoms with Gasteiger partial charge in [0.1, 0.15) is 5.75 Å². The van der Waals surface area contributed by atoms with Crippen LogP contribution in [0.4, 0.5) is 0 Å². The van der Waals surface area contributed by atoms with Gasteiger partial charge >= 0.3 is 5.97 Å². The number of carbonyl (C=O) groups is 2. The van der Waals surface area contributed by atoms with Gasteiger partial charge in [-0.1, -0.05) is 12.1 Å². The van der Waals surface area contributed by atoms with Crippen LogP contribution >= 0.6 is 0 Å². The molecule has 0 spiro atoms. The average Bonchev–Trinajstić information content (AvgIpc) is 2.82. The van der Waals surface area contributed by atoms with Crippen LogP contribution in [0, 0.1) is 13.8 Å². The van der Waals surface area contributed by atoms with Gasteiger partial charge in [-0.25, -0.2) is 0 Å². The lowest BCUT2D eigenvalue weighted by Gasteiger charge is -2.10. The molecule has 2 aromatic rings. The van der Waals surface area contributed by atoms with Crippen molar-refractivity contribution in [3.8, 4) is 5.75 Å². The first kappa shape index (κ1) is 17.8. The Hall–Kier alpha value is -2.56. The van der Waals surface area contributed by atoms with E-state index in [1.165, 1.54) is 7.11 Å². The lowest BCUT2D eigenvalue weighted by molar-refractivity contribution is -0.140. The fourth-order valence-corrected chi connectivity index (χ4v) is 2.98. The summed E-state index contributed by atoms with van der Waals surface area (Å²) in [5.41, 5.74) is 4.66. The van der Waals surface area contributed by atoms with Gasteiger partial charge in [-0.2, -0.15) is 0 Å². The molecule has 0 fully saturated rings. The molecule has 0 bridgehead atoms. The van der Waals surface area contributed by atoms with Gasteiger partial charge in [-0.05, 0) is 49.1 Å². The summed E-state index contributed by atoms with van der Waals surface area (Å²) < 4.78 is 12.0. The van der Waals surface area contributed by atoms with Gasteiger partial charge in [-0.3, -0.25) is 9.59 Å². The van der Waals surface area contributed by atoms with Gasteiger partial charge in [0.15, 0.2) is 6.29 Å². The summed E-state index contributed by atoms with van der Waals surface area (Å²) in [6.07, 6.45) is 1.75. The molecule has 0 aliphatic rings. The largest absolute Gasteiger partial charge is 0.497 e. The predicted molar refractivity (Wildman–Crippen MR) is 91.7 cm³/mol. The first-order valence-electron chi connectivity index (χ1n) is 7.85. The standard InChI is InChI=1S/C19H23NO4/c1-13-17(8-9-19(22)24-4)14(2)20(18(13)12-21)11-15-6-5-7-16(10-15)23-3/h5-7,10,12H,8-9,11H2,1-4H3. The van der Waals surface area contributed by atoms with E-state index >= 15 is 0 Å². The van der Waals surface area contributed by atoms with Crippen molar-refractivity contribution < 1.29 is 19.1 Å². The number of hydrogen-bond donors (Lipinski definition) is 0. The fourth-order valence-electron chi connectivity index (χ4n) is 2.98. The van der Waals surface area contributed by atoms with Gasteiger partial charge < -0.3 is 14.0 Å². The molecule has 24 heavy (non-hydrogen) atoms. The Morgan fingerprint density at radius 1 is 1.25 bits per heavy atom. The molecule has 0 unspecified atom stereocenters. The highest BCUT2D eigenvalue weighted by atomic mass is 16.5. The van der Waals surface area contributed by atoms with E-state index in [2.05, 4.69) is 0 Å². The molecule has 0 N–H and O–H groups in total. The Labute approximate surface area is 142 Å². The van der Waals surface area contributed by atoms with Crippen LogP contribution < -0.4 is 4.74 Å². The zero-order valence-electron chi connectivity index (χ0n) is 14.6. The van der Waals surface area contributed by atoms with Crippen molar-refractivity contribution in [3.05, 3.63) is 52.3 Å². The first-order chi connectivity index (χ1) is 11.5. The zero-order valence-corrected chi connectivity index (χ0v) is 14.6. The second kappa shape index (κ2) is 7.81. The predicted octanol–water partition coefficient (Wildman–Crippen LogP) is 3.08. The maximum absolute atomic E-state index is 11.6. The molecule has 128 valence electrons. The Morgan fingerprint density at radius 3 is 2.62 bits per heavy atom. The topological polar surface area (TPSA) is 57.5 Å². The highest BCUT2D eigenvalue weighted by Gasteiger charge is 2.18. The van der Waals surface area contributed by atoms with Gasteiger partial charge in [0.25, 0.3) is 0 Å². The highest BCUT2D eigenvalue weighted by Crippen LogP contribution is 2.24. The van der Waals surface area contributed by atoms with Crippen molar-refractivity contribution in [1.29, 1.82) is 0 Å². The van der Waals surface area contributed by atoms with E-state index in [-0.39, 0.29) is 5.97 Å². The number of aromatic nitrogens is 1. The van der Waals surface area contributed by atoms with E-state index in [0.29, 0.717) is 25.1 Å². The Bertz CT molecular complexity index is 746. The number of esters is 1. The maximum Gasteiger partial charge on any atom is 0.305 e. The number of aldehydes is 1. The Kier molecular flexibility index (Phi) is 5.79. The van der Waals surface area contributed by atoms with Crippen molar-refractivity contribution in [3.63, 3.8) is 0 Å². The molecule has 2 rings (SSSR count). The lowest BCUT2D eigenvalue weighted by atomic mass is 10.1. The average molecular weight is 329 g/mol. The van der Waals surface area contributed by atoms with Crippen LogP contribution in [0.25, 0.3) is 0 Å². The maximum atomic E-state index is 11.6. The van der Waals surface area contributed by atoms with Gasteiger partial charge in [-0.15, -0.1) is 0 Å². The minimum atomic E-state index is -0.248. The minimum absolute atomic E-state index is 0.248. The first-order valence-corrected chi connectivity index (χ1v) is 7.85. The van der Waals surface area contributed by atoms with Crippen LogP contribution in [-0.4, -0.2) is 31.0 Å². The number of hydrogen-bond acceptors (Lipinski definition) is 4. The van der Waals surface area contributed by atoms with Crippen LogP contribution in [0.15, 0.2) is 24.3 Å². The number of rotatable bonds is 7. The molecular formula is C19H23NO4. The van der Waals surface area contributed by atoms with E-state index in [1.54, 1.807) is 7.11 Å². The summed E-state index contributed by atoms with van der Waals surface area (Å²) in [5.74, 6) is 0.537. The van der Waals surface area contributed by atoms with Crippen LogP contribution in [0.2, 0.25) is 0 Å². The second-order valence-corrected chi connectivity index (χ2v) is 5.71. The lowest BCUT2D eigenvalue weighted by Crippen LogP contribution is -2.07. The summed E-state index contributed by atoms with van der Waals surface area (Å²) in [6.45, 7) is 4.48. The van der Waals surface area contributed by atoms with Gasteiger partial charge in [0.05, 0.1) is 19.9 Å². The number of benzene rings is 1. The number of methoxy groups -OCH3 is 2. The number of ether oxygens (including phenoxy) is 2. The summed E-state index contributed by atoms with van der Waals surface area (Å²) in [6, 6.07) is 7.77. The van der Waals surface area contributed by atoms with Gasteiger partial charge in [0, 0.05) is 18.7 Å². The molecule has 0 saturated carbocycles. The van der Waals surface area contributed by atoms with Crippen molar-refractivity contribution >= 4 is 12.3 Å². The highest BCUT2D eigenvalue weighted by molar-refractivity contribution is 5.77. The molecule has 0 saturated heterocycles. The van der Waals surface area contributed by atoms with E-state index in [9.17, 15) is 9.59 Å². The van der Waals surface area contributed by atoms with Crippen LogP contribution in [0.1, 0.15) is 39.3 Å². The van der Waals surface area contributed by atoms with Crippen molar-refractivity contribution in [1.82, 2.24) is 4.57 Å². The van der Waals surface area contributed by atoms with Gasteiger partial charge in [0.2, 0.25) is 0 Å².